The number of nitrogens with one attached hydrogen (secondary N) is 2. The van der Waals surface area contributed by atoms with Crippen LogP contribution in [0.4, 0.5) is 9.93 Å². The summed E-state index contributed by atoms with van der Waals surface area (Å²) in [5.74, 6) is -0.285. The van der Waals surface area contributed by atoms with Crippen molar-refractivity contribution >= 4 is 34.4 Å². The van der Waals surface area contributed by atoms with E-state index >= 15 is 0 Å². The summed E-state index contributed by atoms with van der Waals surface area (Å²) in [6.07, 6.45) is 2.58. The molecule has 1 unspecified atom stereocenters. The highest BCUT2D eigenvalue weighted by atomic mass is 32.1. The fraction of sp³-hybridized carbons (Fsp3) is 0.556. The SMILES string of the molecule is C[C@H](NC(=O)[C@H]1C[C@H](c2ccccc2)CN1C(=O)OC(C)(C)C)C(=O)NCC1CCc2nc(N)sc2C1. The van der Waals surface area contributed by atoms with Crippen molar-refractivity contribution in [2.75, 3.05) is 18.8 Å². The lowest BCUT2D eigenvalue weighted by Gasteiger charge is -2.28. The highest BCUT2D eigenvalue weighted by Crippen LogP contribution is 2.33. The van der Waals surface area contributed by atoms with Crippen LogP contribution in [0, 0.1) is 5.92 Å². The quantitative estimate of drug-likeness (QED) is 0.529. The van der Waals surface area contributed by atoms with Gasteiger partial charge in [-0.2, -0.15) is 0 Å². The first-order valence-electron chi connectivity index (χ1n) is 12.9. The highest BCUT2D eigenvalue weighted by molar-refractivity contribution is 7.15. The van der Waals surface area contributed by atoms with Crippen molar-refractivity contribution in [2.45, 2.75) is 77.0 Å². The van der Waals surface area contributed by atoms with Gasteiger partial charge in [0.15, 0.2) is 5.13 Å². The Labute approximate surface area is 222 Å². The Morgan fingerprint density at radius 1 is 1.24 bits per heavy atom. The summed E-state index contributed by atoms with van der Waals surface area (Å²) in [5, 5.41) is 6.39. The number of amides is 3. The number of fused-ring (bicyclic) bond motifs is 1. The molecule has 1 aliphatic carbocycles. The van der Waals surface area contributed by atoms with Gasteiger partial charge in [0, 0.05) is 23.9 Å². The van der Waals surface area contributed by atoms with Gasteiger partial charge < -0.3 is 21.1 Å². The van der Waals surface area contributed by atoms with Crippen LogP contribution in [-0.4, -0.2) is 58.6 Å². The molecule has 1 fully saturated rings. The molecular formula is C27H37N5O4S. The zero-order chi connectivity index (χ0) is 26.7. The number of aryl methyl sites for hydroxylation is 1. The number of thiazole rings is 1. The minimum absolute atomic E-state index is 0.00516. The molecule has 10 heteroatoms. The van der Waals surface area contributed by atoms with Gasteiger partial charge in [0.05, 0.1) is 5.69 Å². The first kappa shape index (κ1) is 26.9. The van der Waals surface area contributed by atoms with Gasteiger partial charge in [-0.1, -0.05) is 30.3 Å². The molecule has 200 valence electrons. The Balaban J connectivity index is 1.35. The van der Waals surface area contributed by atoms with Gasteiger partial charge in [-0.3, -0.25) is 14.5 Å². The van der Waals surface area contributed by atoms with E-state index in [1.54, 1.807) is 27.7 Å². The Hall–Kier alpha value is -3.14. The topological polar surface area (TPSA) is 127 Å². The normalized spacial score (nSPS) is 22.2. The van der Waals surface area contributed by atoms with Gasteiger partial charge in [0.1, 0.15) is 17.7 Å². The van der Waals surface area contributed by atoms with Crippen molar-refractivity contribution in [3.05, 3.63) is 46.5 Å². The average molecular weight is 528 g/mol. The number of anilines is 1. The van der Waals surface area contributed by atoms with Crippen LogP contribution in [0.5, 0.6) is 0 Å². The second-order valence-electron chi connectivity index (χ2n) is 11.0. The summed E-state index contributed by atoms with van der Waals surface area (Å²) in [6.45, 7) is 7.97. The molecule has 2 heterocycles. The van der Waals surface area contributed by atoms with Crippen LogP contribution in [0.3, 0.4) is 0 Å². The number of aromatic nitrogens is 1. The van der Waals surface area contributed by atoms with Crippen LogP contribution >= 0.6 is 11.3 Å². The minimum atomic E-state index is -0.734. The molecule has 2 aromatic rings. The number of carbonyl (C=O) groups excluding carboxylic acids is 3. The number of hydrogen-bond acceptors (Lipinski definition) is 7. The van der Waals surface area contributed by atoms with E-state index < -0.39 is 23.8 Å². The first-order chi connectivity index (χ1) is 17.5. The van der Waals surface area contributed by atoms with E-state index in [0.717, 1.165) is 30.5 Å². The number of benzene rings is 1. The molecule has 0 saturated carbocycles. The standard InChI is InChI=1S/C27H37N5O4S/c1-16(23(33)29-14-17-10-11-20-22(12-17)37-25(28)31-20)30-24(34)21-13-19(18-8-6-5-7-9-18)15-32(21)26(35)36-27(2,3)4/h5-9,16-17,19,21H,10-15H2,1-4H3,(H2,28,31)(H,29,33)(H,30,34)/t16-,17?,19-,21+/m0/s1. The number of ether oxygens (including phenoxy) is 1. The predicted octanol–water partition coefficient (Wildman–Crippen LogP) is 3.24. The third-order valence-electron chi connectivity index (χ3n) is 6.88. The maximum absolute atomic E-state index is 13.3. The van der Waals surface area contributed by atoms with E-state index in [1.807, 2.05) is 30.3 Å². The molecule has 4 atom stereocenters. The number of likely N-dealkylation sites (tertiary alicyclic amines) is 1. The van der Waals surface area contributed by atoms with E-state index in [1.165, 1.54) is 21.1 Å². The fourth-order valence-electron chi connectivity index (χ4n) is 4.98. The van der Waals surface area contributed by atoms with Crippen LogP contribution in [0.25, 0.3) is 0 Å². The summed E-state index contributed by atoms with van der Waals surface area (Å²) >= 11 is 1.52. The molecule has 0 bridgehead atoms. The molecule has 0 radical (unpaired) electrons. The van der Waals surface area contributed by atoms with Crippen LogP contribution in [0.15, 0.2) is 30.3 Å². The monoisotopic (exact) mass is 527 g/mol. The van der Waals surface area contributed by atoms with Crippen molar-refractivity contribution in [3.8, 4) is 0 Å². The lowest BCUT2D eigenvalue weighted by atomic mass is 9.91. The van der Waals surface area contributed by atoms with Crippen LogP contribution in [0.2, 0.25) is 0 Å². The summed E-state index contributed by atoms with van der Waals surface area (Å²) in [7, 11) is 0. The van der Waals surface area contributed by atoms with E-state index in [9.17, 15) is 14.4 Å². The molecule has 4 rings (SSSR count). The van der Waals surface area contributed by atoms with Crippen molar-refractivity contribution in [3.63, 3.8) is 0 Å². The molecule has 4 N–H and O–H groups in total. The molecule has 0 spiro atoms. The molecule has 9 nitrogen and oxygen atoms in total. The van der Waals surface area contributed by atoms with Crippen molar-refractivity contribution in [1.82, 2.24) is 20.5 Å². The van der Waals surface area contributed by atoms with Crippen molar-refractivity contribution < 1.29 is 19.1 Å². The molecule has 1 aromatic heterocycles. The Morgan fingerprint density at radius 2 is 1.97 bits per heavy atom. The minimum Gasteiger partial charge on any atom is -0.444 e. The van der Waals surface area contributed by atoms with Crippen LogP contribution < -0.4 is 16.4 Å². The zero-order valence-electron chi connectivity index (χ0n) is 22.0. The van der Waals surface area contributed by atoms with Gasteiger partial charge in [-0.05, 0) is 64.9 Å². The molecule has 37 heavy (non-hydrogen) atoms. The maximum Gasteiger partial charge on any atom is 0.410 e. The van der Waals surface area contributed by atoms with E-state index in [2.05, 4.69) is 15.6 Å². The second kappa shape index (κ2) is 11.1. The van der Waals surface area contributed by atoms with Gasteiger partial charge in [-0.15, -0.1) is 11.3 Å². The third-order valence-corrected chi connectivity index (χ3v) is 7.83. The lowest BCUT2D eigenvalue weighted by Crippen LogP contribution is -2.53. The molecule has 1 aromatic carbocycles. The van der Waals surface area contributed by atoms with Crippen LogP contribution in [0.1, 0.15) is 62.6 Å². The average Bonchev–Trinajstić information content (AvgIpc) is 3.45. The van der Waals surface area contributed by atoms with Crippen molar-refractivity contribution in [2.24, 2.45) is 5.92 Å². The molecular weight excluding hydrogens is 490 g/mol. The Bertz CT molecular complexity index is 1130. The molecule has 3 amide bonds. The molecule has 2 aliphatic rings. The van der Waals surface area contributed by atoms with E-state index in [-0.39, 0.29) is 17.7 Å². The molecule has 1 aliphatic heterocycles. The first-order valence-corrected chi connectivity index (χ1v) is 13.7. The van der Waals surface area contributed by atoms with Gasteiger partial charge in [-0.25, -0.2) is 9.78 Å². The lowest BCUT2D eigenvalue weighted by molar-refractivity contribution is -0.131. The second-order valence-corrected chi connectivity index (χ2v) is 12.1. The van der Waals surface area contributed by atoms with E-state index in [4.69, 9.17) is 10.5 Å². The predicted molar refractivity (Wildman–Crippen MR) is 143 cm³/mol. The number of hydrogen-bond donors (Lipinski definition) is 3. The summed E-state index contributed by atoms with van der Waals surface area (Å²) < 4.78 is 5.59. The van der Waals surface area contributed by atoms with Crippen molar-refractivity contribution in [1.29, 1.82) is 0 Å². The summed E-state index contributed by atoms with van der Waals surface area (Å²) in [5.41, 5.74) is 7.29. The zero-order valence-corrected chi connectivity index (χ0v) is 22.8. The van der Waals surface area contributed by atoms with Gasteiger partial charge >= 0.3 is 6.09 Å². The Kier molecular flexibility index (Phi) is 8.06. The van der Waals surface area contributed by atoms with Crippen LogP contribution in [-0.2, 0) is 27.2 Å². The van der Waals surface area contributed by atoms with E-state index in [0.29, 0.717) is 30.6 Å². The van der Waals surface area contributed by atoms with Gasteiger partial charge in [0.25, 0.3) is 0 Å². The summed E-state index contributed by atoms with van der Waals surface area (Å²) in [4.78, 5) is 46.1. The smallest absolute Gasteiger partial charge is 0.410 e. The maximum atomic E-state index is 13.3. The fourth-order valence-corrected chi connectivity index (χ4v) is 5.98. The highest BCUT2D eigenvalue weighted by Gasteiger charge is 2.42. The molecule has 1 saturated heterocycles. The third kappa shape index (κ3) is 6.80. The number of nitrogens with zero attached hydrogens (tertiary/aromatic N) is 2. The number of nitrogen functional groups attached to an aromatic ring is 1. The number of rotatable bonds is 6. The number of nitrogens with two attached hydrogens (primary N) is 1. The Morgan fingerprint density at radius 3 is 2.68 bits per heavy atom. The van der Waals surface area contributed by atoms with Gasteiger partial charge in [0.2, 0.25) is 11.8 Å². The largest absolute Gasteiger partial charge is 0.444 e. The number of carbonyl (C=O) groups is 3. The summed E-state index contributed by atoms with van der Waals surface area (Å²) in [6, 6.07) is 8.39.